The maximum Gasteiger partial charge on any atom is 0.433 e. The van der Waals surface area contributed by atoms with Gasteiger partial charge in [0.05, 0.1) is 6.61 Å². The minimum Gasteiger partial charge on any atom is -0.478 e. The fraction of sp³-hybridized carbons (Fsp3) is 0.474. The van der Waals surface area contributed by atoms with Gasteiger partial charge in [-0.05, 0) is 32.4 Å². The summed E-state index contributed by atoms with van der Waals surface area (Å²) >= 11 is 0. The van der Waals surface area contributed by atoms with Crippen LogP contribution in [-0.2, 0) is 6.18 Å². The third kappa shape index (κ3) is 5.17. The van der Waals surface area contributed by atoms with E-state index in [2.05, 4.69) is 14.9 Å². The molecule has 0 N–H and O–H groups in total. The van der Waals surface area contributed by atoms with Gasteiger partial charge >= 0.3 is 6.18 Å². The number of hydrogen-bond donors (Lipinski definition) is 0. The van der Waals surface area contributed by atoms with Crippen molar-refractivity contribution >= 4 is 0 Å². The number of piperidine rings is 1. The molecule has 4 nitrogen and oxygen atoms in total. The van der Waals surface area contributed by atoms with E-state index in [0.29, 0.717) is 12.2 Å². The van der Waals surface area contributed by atoms with Crippen LogP contribution in [0.3, 0.4) is 0 Å². The van der Waals surface area contributed by atoms with Crippen LogP contribution in [0.2, 0.25) is 0 Å². The van der Waals surface area contributed by atoms with Gasteiger partial charge in [-0.2, -0.15) is 18.2 Å². The van der Waals surface area contributed by atoms with Crippen molar-refractivity contribution in [2.45, 2.75) is 31.9 Å². The summed E-state index contributed by atoms with van der Waals surface area (Å²) in [6.07, 6.45) is -0.0921. The smallest absolute Gasteiger partial charge is 0.433 e. The van der Waals surface area contributed by atoms with E-state index in [1.54, 1.807) is 30.3 Å². The quantitative estimate of drug-likeness (QED) is 0.711. The lowest BCUT2D eigenvalue weighted by molar-refractivity contribution is -0.141. The molecule has 1 aliphatic heterocycles. The molecular formula is C19H22F3N3O. The molecule has 1 saturated heterocycles. The fourth-order valence-electron chi connectivity index (χ4n) is 3.01. The molecule has 1 aromatic carbocycles. The van der Waals surface area contributed by atoms with E-state index in [1.807, 2.05) is 0 Å². The Morgan fingerprint density at radius 1 is 1.00 bits per heavy atom. The van der Waals surface area contributed by atoms with Crippen molar-refractivity contribution in [2.75, 3.05) is 26.2 Å². The summed E-state index contributed by atoms with van der Waals surface area (Å²) in [6.45, 7) is 3.40. The highest BCUT2D eigenvalue weighted by Crippen LogP contribution is 2.31. The number of benzene rings is 1. The van der Waals surface area contributed by atoms with Crippen molar-refractivity contribution in [3.05, 3.63) is 42.1 Å². The second-order valence-corrected chi connectivity index (χ2v) is 6.38. The first-order valence-electron chi connectivity index (χ1n) is 8.89. The van der Waals surface area contributed by atoms with Crippen LogP contribution in [0.15, 0.2) is 36.4 Å². The Morgan fingerprint density at radius 3 is 2.42 bits per heavy atom. The molecule has 2 aromatic rings. The summed E-state index contributed by atoms with van der Waals surface area (Å²) in [4.78, 5) is 10.2. The molecule has 0 amide bonds. The summed E-state index contributed by atoms with van der Waals surface area (Å²) in [5.74, 6) is -0.0173. The van der Waals surface area contributed by atoms with E-state index >= 15 is 0 Å². The van der Waals surface area contributed by atoms with Gasteiger partial charge in [-0.25, -0.2) is 4.98 Å². The molecule has 0 spiro atoms. The lowest BCUT2D eigenvalue weighted by atomic mass is 10.1. The highest BCUT2D eigenvalue weighted by molar-refractivity contribution is 5.55. The number of rotatable bonds is 6. The van der Waals surface area contributed by atoms with Crippen molar-refractivity contribution < 1.29 is 17.9 Å². The fourth-order valence-corrected chi connectivity index (χ4v) is 3.01. The number of alkyl halides is 3. The zero-order valence-corrected chi connectivity index (χ0v) is 14.5. The molecule has 2 heterocycles. The molecule has 0 bridgehead atoms. The molecule has 0 saturated carbocycles. The average molecular weight is 365 g/mol. The lowest BCUT2D eigenvalue weighted by Gasteiger charge is -2.26. The summed E-state index contributed by atoms with van der Waals surface area (Å²) in [5.41, 5.74) is -0.464. The summed E-state index contributed by atoms with van der Waals surface area (Å²) in [7, 11) is 0. The minimum atomic E-state index is -4.54. The van der Waals surface area contributed by atoms with Gasteiger partial charge in [0.2, 0.25) is 5.88 Å². The van der Waals surface area contributed by atoms with Crippen molar-refractivity contribution in [3.63, 3.8) is 0 Å². The number of hydrogen-bond acceptors (Lipinski definition) is 4. The standard InChI is InChI=1S/C19H22F3N3O/c20-19(21,22)16-14-17(24-18(23-16)15-8-3-1-4-9-15)26-13-7-12-25-10-5-2-6-11-25/h1,3-4,8-9,14H,2,5-7,10-13H2. The van der Waals surface area contributed by atoms with Crippen molar-refractivity contribution in [1.29, 1.82) is 0 Å². The second kappa shape index (κ2) is 8.49. The Balaban J connectivity index is 1.67. The van der Waals surface area contributed by atoms with Crippen molar-refractivity contribution in [3.8, 4) is 17.3 Å². The van der Waals surface area contributed by atoms with Gasteiger partial charge in [-0.1, -0.05) is 36.8 Å². The Labute approximate surface area is 151 Å². The molecule has 26 heavy (non-hydrogen) atoms. The monoisotopic (exact) mass is 365 g/mol. The third-order valence-electron chi connectivity index (χ3n) is 4.34. The van der Waals surface area contributed by atoms with Crippen LogP contribution < -0.4 is 4.74 Å². The largest absolute Gasteiger partial charge is 0.478 e. The summed E-state index contributed by atoms with van der Waals surface area (Å²) in [6, 6.07) is 9.48. The van der Waals surface area contributed by atoms with E-state index in [-0.39, 0.29) is 11.7 Å². The normalized spacial score (nSPS) is 15.8. The molecule has 0 radical (unpaired) electrons. The van der Waals surface area contributed by atoms with Crippen LogP contribution in [0, 0.1) is 0 Å². The second-order valence-electron chi connectivity index (χ2n) is 6.38. The molecule has 1 aromatic heterocycles. The molecule has 0 atom stereocenters. The summed E-state index contributed by atoms with van der Waals surface area (Å²) < 4.78 is 44.9. The van der Waals surface area contributed by atoms with Crippen LogP contribution in [0.4, 0.5) is 13.2 Å². The van der Waals surface area contributed by atoms with E-state index in [1.165, 1.54) is 19.3 Å². The molecular weight excluding hydrogens is 343 g/mol. The highest BCUT2D eigenvalue weighted by atomic mass is 19.4. The van der Waals surface area contributed by atoms with Crippen molar-refractivity contribution in [2.24, 2.45) is 0 Å². The van der Waals surface area contributed by atoms with Gasteiger partial charge in [0.15, 0.2) is 11.5 Å². The number of nitrogens with zero attached hydrogens (tertiary/aromatic N) is 3. The van der Waals surface area contributed by atoms with Gasteiger partial charge in [-0.3, -0.25) is 0 Å². The third-order valence-corrected chi connectivity index (χ3v) is 4.34. The molecule has 1 fully saturated rings. The SMILES string of the molecule is FC(F)(F)c1cc(OCCCN2CCCCC2)nc(-c2ccccc2)n1. The van der Waals surface area contributed by atoms with Crippen LogP contribution in [0.5, 0.6) is 5.88 Å². The first-order chi connectivity index (χ1) is 12.5. The Morgan fingerprint density at radius 2 is 1.73 bits per heavy atom. The predicted octanol–water partition coefficient (Wildman–Crippen LogP) is 4.42. The molecule has 7 heteroatoms. The Kier molecular flexibility index (Phi) is 6.08. The zero-order chi connectivity index (χ0) is 18.4. The van der Waals surface area contributed by atoms with Crippen LogP contribution in [-0.4, -0.2) is 41.1 Å². The molecule has 0 aliphatic carbocycles. The molecule has 1 aliphatic rings. The van der Waals surface area contributed by atoms with Gasteiger partial charge in [-0.15, -0.1) is 0 Å². The Hall–Kier alpha value is -2.15. The topological polar surface area (TPSA) is 38.2 Å². The molecule has 0 unspecified atom stereocenters. The zero-order valence-electron chi connectivity index (χ0n) is 14.5. The van der Waals surface area contributed by atoms with E-state index < -0.39 is 11.9 Å². The summed E-state index contributed by atoms with van der Waals surface area (Å²) in [5, 5.41) is 0. The van der Waals surface area contributed by atoms with Crippen LogP contribution in [0.1, 0.15) is 31.4 Å². The van der Waals surface area contributed by atoms with Crippen molar-refractivity contribution in [1.82, 2.24) is 14.9 Å². The van der Waals surface area contributed by atoms with E-state index in [4.69, 9.17) is 4.74 Å². The number of ether oxygens (including phenoxy) is 1. The first kappa shape index (κ1) is 18.6. The maximum absolute atomic E-state index is 13.1. The molecule has 140 valence electrons. The number of aromatic nitrogens is 2. The van der Waals surface area contributed by atoms with Crippen LogP contribution in [0.25, 0.3) is 11.4 Å². The predicted molar refractivity (Wildman–Crippen MR) is 92.9 cm³/mol. The number of likely N-dealkylation sites (tertiary alicyclic amines) is 1. The van der Waals surface area contributed by atoms with Gasteiger partial charge in [0.1, 0.15) is 0 Å². The van der Waals surface area contributed by atoms with Crippen LogP contribution >= 0.6 is 0 Å². The average Bonchev–Trinajstić information content (AvgIpc) is 2.66. The number of halogens is 3. The highest BCUT2D eigenvalue weighted by Gasteiger charge is 2.34. The van der Waals surface area contributed by atoms with Gasteiger partial charge in [0, 0.05) is 18.2 Å². The van der Waals surface area contributed by atoms with Gasteiger partial charge in [0.25, 0.3) is 0 Å². The van der Waals surface area contributed by atoms with E-state index in [0.717, 1.165) is 32.1 Å². The van der Waals surface area contributed by atoms with E-state index in [9.17, 15) is 13.2 Å². The molecule has 3 rings (SSSR count). The van der Waals surface area contributed by atoms with Gasteiger partial charge < -0.3 is 9.64 Å². The lowest BCUT2D eigenvalue weighted by Crippen LogP contribution is -2.31. The maximum atomic E-state index is 13.1. The minimum absolute atomic E-state index is 0.0199. The Bertz CT molecular complexity index is 701. The first-order valence-corrected chi connectivity index (χ1v) is 8.89.